The van der Waals surface area contributed by atoms with Gasteiger partial charge in [0.25, 0.3) is 5.91 Å². The number of ether oxygens (including phenoxy) is 2. The first-order valence-electron chi connectivity index (χ1n) is 9.27. The summed E-state index contributed by atoms with van der Waals surface area (Å²) in [6.07, 6.45) is 2.39. The Kier molecular flexibility index (Phi) is 8.12. The third kappa shape index (κ3) is 7.10. The minimum absolute atomic E-state index is 0.215. The zero-order chi connectivity index (χ0) is 21.2. The maximum Gasteiger partial charge on any atom is 0.277 e. The van der Waals surface area contributed by atoms with Gasteiger partial charge in [0, 0.05) is 11.4 Å². The molecule has 30 heavy (non-hydrogen) atoms. The number of hydrazone groups is 1. The third-order valence-electron chi connectivity index (χ3n) is 4.04. The Bertz CT molecular complexity index is 993. The summed E-state index contributed by atoms with van der Waals surface area (Å²) in [5.41, 5.74) is 4.47. The Hall–Kier alpha value is -3.02. The lowest BCUT2D eigenvalue weighted by molar-refractivity contribution is -0.123. The van der Waals surface area contributed by atoms with Gasteiger partial charge in [-0.25, -0.2) is 5.43 Å². The molecular weight excluding hydrogens is 423 g/mol. The summed E-state index contributed by atoms with van der Waals surface area (Å²) < 4.78 is 11.1. The van der Waals surface area contributed by atoms with Crippen LogP contribution in [0.25, 0.3) is 0 Å². The van der Waals surface area contributed by atoms with Gasteiger partial charge in [-0.3, -0.25) is 4.79 Å². The molecule has 0 aliphatic heterocycles. The maximum absolute atomic E-state index is 11.8. The molecular formula is C23H20Cl2N2O3. The second-order valence-electron chi connectivity index (χ2n) is 6.31. The van der Waals surface area contributed by atoms with Crippen LogP contribution in [-0.2, 0) is 11.2 Å². The number of carbonyl (C=O) groups is 1. The number of hydrogen-bond acceptors (Lipinski definition) is 4. The lowest BCUT2D eigenvalue weighted by Crippen LogP contribution is -2.24. The van der Waals surface area contributed by atoms with Gasteiger partial charge >= 0.3 is 0 Å². The van der Waals surface area contributed by atoms with Crippen LogP contribution in [0, 0.1) is 0 Å². The predicted octanol–water partition coefficient (Wildman–Crippen LogP) is 5.14. The van der Waals surface area contributed by atoms with Crippen LogP contribution in [-0.4, -0.2) is 25.3 Å². The van der Waals surface area contributed by atoms with E-state index >= 15 is 0 Å². The average Bonchev–Trinajstić information content (AvgIpc) is 2.75. The van der Waals surface area contributed by atoms with Crippen LogP contribution in [0.2, 0.25) is 10.0 Å². The van der Waals surface area contributed by atoms with Crippen molar-refractivity contribution in [2.45, 2.75) is 6.42 Å². The molecule has 1 N–H and O–H groups in total. The van der Waals surface area contributed by atoms with Crippen LogP contribution in [0.5, 0.6) is 11.5 Å². The molecule has 5 nitrogen and oxygen atoms in total. The summed E-state index contributed by atoms with van der Waals surface area (Å²) >= 11 is 11.8. The number of halogens is 2. The zero-order valence-electron chi connectivity index (χ0n) is 16.1. The first-order chi connectivity index (χ1) is 14.6. The van der Waals surface area contributed by atoms with Gasteiger partial charge in [-0.05, 0) is 53.6 Å². The average molecular weight is 443 g/mol. The fourth-order valence-electron chi connectivity index (χ4n) is 2.53. The minimum Gasteiger partial charge on any atom is -0.493 e. The molecule has 0 spiro atoms. The second kappa shape index (κ2) is 11.2. The summed E-state index contributed by atoms with van der Waals surface area (Å²) in [5, 5.41) is 4.75. The van der Waals surface area contributed by atoms with Gasteiger partial charge in [0.1, 0.15) is 11.5 Å². The highest BCUT2D eigenvalue weighted by atomic mass is 35.5. The van der Waals surface area contributed by atoms with E-state index in [1.165, 1.54) is 5.56 Å². The van der Waals surface area contributed by atoms with Gasteiger partial charge < -0.3 is 9.47 Å². The van der Waals surface area contributed by atoms with Crippen LogP contribution in [0.3, 0.4) is 0 Å². The molecule has 0 atom stereocenters. The molecule has 0 fully saturated rings. The summed E-state index contributed by atoms with van der Waals surface area (Å²) in [6, 6.07) is 22.4. The summed E-state index contributed by atoms with van der Waals surface area (Å²) in [7, 11) is 0. The van der Waals surface area contributed by atoms with Crippen molar-refractivity contribution in [3.63, 3.8) is 0 Å². The summed E-state index contributed by atoms with van der Waals surface area (Å²) in [5.74, 6) is 0.751. The molecule has 0 saturated carbocycles. The molecule has 1 amide bonds. The number of carbonyl (C=O) groups excluding carboxylic acids is 1. The van der Waals surface area contributed by atoms with Crippen molar-refractivity contribution in [3.05, 3.63) is 94.0 Å². The number of nitrogens with one attached hydrogen (secondary N) is 1. The van der Waals surface area contributed by atoms with E-state index in [9.17, 15) is 4.79 Å². The van der Waals surface area contributed by atoms with Gasteiger partial charge in [0.2, 0.25) is 0 Å². The number of nitrogens with zero attached hydrogens (tertiary/aromatic N) is 1. The van der Waals surface area contributed by atoms with E-state index in [-0.39, 0.29) is 6.61 Å². The molecule has 0 aromatic heterocycles. The molecule has 7 heteroatoms. The molecule has 0 saturated heterocycles. The predicted molar refractivity (Wildman–Crippen MR) is 120 cm³/mol. The number of hydrogen-bond donors (Lipinski definition) is 1. The fourth-order valence-corrected chi connectivity index (χ4v) is 2.99. The van der Waals surface area contributed by atoms with Gasteiger partial charge in [0.05, 0.1) is 17.8 Å². The smallest absolute Gasteiger partial charge is 0.277 e. The van der Waals surface area contributed by atoms with E-state index in [1.54, 1.807) is 24.4 Å². The van der Waals surface area contributed by atoms with Crippen LogP contribution in [0.4, 0.5) is 0 Å². The third-order valence-corrected chi connectivity index (χ3v) is 4.57. The van der Waals surface area contributed by atoms with Crippen molar-refractivity contribution < 1.29 is 14.3 Å². The molecule has 0 aliphatic rings. The zero-order valence-corrected chi connectivity index (χ0v) is 17.6. The highest BCUT2D eigenvalue weighted by Crippen LogP contribution is 2.27. The Balaban J connectivity index is 1.39. The lowest BCUT2D eigenvalue weighted by Gasteiger charge is -2.07. The highest BCUT2D eigenvalue weighted by molar-refractivity contribution is 6.35. The lowest BCUT2D eigenvalue weighted by atomic mass is 10.2. The largest absolute Gasteiger partial charge is 0.493 e. The fraction of sp³-hybridized carbons (Fsp3) is 0.130. The summed E-state index contributed by atoms with van der Waals surface area (Å²) in [6.45, 7) is 0.387. The maximum atomic E-state index is 11.8. The molecule has 3 aromatic carbocycles. The Morgan fingerprint density at radius 3 is 2.47 bits per heavy atom. The molecule has 0 radical (unpaired) electrons. The van der Waals surface area contributed by atoms with Gasteiger partial charge in [-0.1, -0.05) is 53.5 Å². The monoisotopic (exact) mass is 442 g/mol. The Labute approximate surface area is 185 Å². The van der Waals surface area contributed by atoms with Gasteiger partial charge in [0.15, 0.2) is 6.61 Å². The molecule has 0 aliphatic carbocycles. The van der Waals surface area contributed by atoms with Crippen molar-refractivity contribution in [1.82, 2.24) is 5.43 Å². The van der Waals surface area contributed by atoms with Crippen molar-refractivity contribution in [1.29, 1.82) is 0 Å². The van der Waals surface area contributed by atoms with E-state index < -0.39 is 5.91 Å². The highest BCUT2D eigenvalue weighted by Gasteiger charge is 2.05. The first kappa shape index (κ1) is 21.7. The molecule has 0 bridgehead atoms. The van der Waals surface area contributed by atoms with E-state index in [0.717, 1.165) is 17.7 Å². The molecule has 3 rings (SSSR count). The van der Waals surface area contributed by atoms with Gasteiger partial charge in [-0.15, -0.1) is 0 Å². The quantitative estimate of drug-likeness (QED) is 0.368. The van der Waals surface area contributed by atoms with Crippen molar-refractivity contribution in [2.75, 3.05) is 13.2 Å². The Morgan fingerprint density at radius 1 is 0.967 bits per heavy atom. The van der Waals surface area contributed by atoms with E-state index in [2.05, 4.69) is 22.7 Å². The van der Waals surface area contributed by atoms with Crippen LogP contribution in [0.1, 0.15) is 11.1 Å². The molecule has 0 unspecified atom stereocenters. The van der Waals surface area contributed by atoms with Crippen molar-refractivity contribution >= 4 is 35.3 Å². The standard InChI is InChI=1S/C23H20Cl2N2O3/c24-19-8-11-22(21(25)14-19)30-16-23(28)27-26-15-18-6-9-20(10-7-18)29-13-12-17-4-2-1-3-5-17/h1-11,14-15H,12-13,16H2,(H,27,28)/b26-15+. The number of rotatable bonds is 9. The normalized spacial score (nSPS) is 10.7. The first-order valence-corrected chi connectivity index (χ1v) is 10.0. The molecule has 3 aromatic rings. The van der Waals surface area contributed by atoms with Crippen molar-refractivity contribution in [3.8, 4) is 11.5 Å². The van der Waals surface area contributed by atoms with Crippen LogP contribution in [0.15, 0.2) is 77.9 Å². The van der Waals surface area contributed by atoms with E-state index in [1.807, 2.05) is 42.5 Å². The molecule has 154 valence electrons. The van der Waals surface area contributed by atoms with Crippen LogP contribution < -0.4 is 14.9 Å². The van der Waals surface area contributed by atoms with Crippen molar-refractivity contribution in [2.24, 2.45) is 5.10 Å². The minimum atomic E-state index is -0.405. The SMILES string of the molecule is O=C(COc1ccc(Cl)cc1Cl)N/N=C/c1ccc(OCCc2ccccc2)cc1. The van der Waals surface area contributed by atoms with Gasteiger partial charge in [-0.2, -0.15) is 5.10 Å². The van der Waals surface area contributed by atoms with Crippen LogP contribution >= 0.6 is 23.2 Å². The summed E-state index contributed by atoms with van der Waals surface area (Å²) in [4.78, 5) is 11.8. The topological polar surface area (TPSA) is 59.9 Å². The molecule has 0 heterocycles. The second-order valence-corrected chi connectivity index (χ2v) is 7.15. The Morgan fingerprint density at radius 2 is 1.73 bits per heavy atom. The van der Waals surface area contributed by atoms with E-state index in [4.69, 9.17) is 32.7 Å². The van der Waals surface area contributed by atoms with E-state index in [0.29, 0.717) is 22.4 Å². The number of amides is 1. The number of benzene rings is 3.